The van der Waals surface area contributed by atoms with Crippen molar-refractivity contribution in [3.8, 4) is 0 Å². The van der Waals surface area contributed by atoms with E-state index in [1.54, 1.807) is 12.1 Å². The zero-order valence-corrected chi connectivity index (χ0v) is 15.6. The van der Waals surface area contributed by atoms with Crippen LogP contribution in [0.15, 0.2) is 29.3 Å². The molecule has 1 heterocycles. The highest BCUT2D eigenvalue weighted by Gasteiger charge is 2.21. The Morgan fingerprint density at radius 2 is 2.00 bits per heavy atom. The van der Waals surface area contributed by atoms with E-state index in [2.05, 4.69) is 27.4 Å². The third-order valence-electron chi connectivity index (χ3n) is 4.26. The molecule has 8 nitrogen and oxygen atoms in total. The molecule has 26 heavy (non-hydrogen) atoms. The first kappa shape index (κ1) is 20.0. The van der Waals surface area contributed by atoms with Gasteiger partial charge in [-0.05, 0) is 38.8 Å². The van der Waals surface area contributed by atoms with E-state index in [0.29, 0.717) is 19.2 Å². The number of piperidine rings is 1. The van der Waals surface area contributed by atoms with Crippen molar-refractivity contribution in [1.82, 2.24) is 10.2 Å². The van der Waals surface area contributed by atoms with Crippen LogP contribution in [0.3, 0.4) is 0 Å². The molecule has 0 bridgehead atoms. The zero-order valence-electron chi connectivity index (χ0n) is 15.6. The van der Waals surface area contributed by atoms with Gasteiger partial charge in [-0.15, -0.1) is 0 Å². The van der Waals surface area contributed by atoms with Gasteiger partial charge in [-0.2, -0.15) is 0 Å². The summed E-state index contributed by atoms with van der Waals surface area (Å²) >= 11 is 0. The number of anilines is 1. The third-order valence-corrected chi connectivity index (χ3v) is 4.26. The SMILES string of the molecule is CCNC(=NCCNc1ccc([N+](=O)[O-])cc1)N1CCC(OCC)CC1. The number of rotatable bonds is 8. The summed E-state index contributed by atoms with van der Waals surface area (Å²) in [6.45, 7) is 8.91. The highest BCUT2D eigenvalue weighted by Crippen LogP contribution is 2.15. The molecule has 2 N–H and O–H groups in total. The molecule has 1 aromatic rings. The molecular weight excluding hydrogens is 334 g/mol. The number of aliphatic imine (C=N–C) groups is 1. The Balaban J connectivity index is 1.80. The quantitative estimate of drug-likeness (QED) is 0.242. The number of hydrogen-bond acceptors (Lipinski definition) is 5. The maximum atomic E-state index is 10.7. The number of non-ortho nitro benzene ring substituents is 1. The molecule has 0 saturated carbocycles. The van der Waals surface area contributed by atoms with E-state index in [1.807, 2.05) is 6.92 Å². The van der Waals surface area contributed by atoms with Crippen LogP contribution in [0.4, 0.5) is 11.4 Å². The maximum absolute atomic E-state index is 10.7. The van der Waals surface area contributed by atoms with Gasteiger partial charge in [0.15, 0.2) is 5.96 Å². The van der Waals surface area contributed by atoms with Crippen LogP contribution in [0.1, 0.15) is 26.7 Å². The maximum Gasteiger partial charge on any atom is 0.269 e. The second kappa shape index (κ2) is 10.6. The summed E-state index contributed by atoms with van der Waals surface area (Å²) in [6.07, 6.45) is 2.42. The lowest BCUT2D eigenvalue weighted by molar-refractivity contribution is -0.384. The summed E-state index contributed by atoms with van der Waals surface area (Å²) < 4.78 is 5.70. The van der Waals surface area contributed by atoms with Gasteiger partial charge in [-0.3, -0.25) is 15.1 Å². The molecule has 1 aliphatic rings. The number of ether oxygens (including phenoxy) is 1. The normalized spacial score (nSPS) is 15.8. The van der Waals surface area contributed by atoms with Crippen molar-refractivity contribution in [3.63, 3.8) is 0 Å². The zero-order chi connectivity index (χ0) is 18.8. The Morgan fingerprint density at radius 1 is 1.31 bits per heavy atom. The van der Waals surface area contributed by atoms with Crippen LogP contribution < -0.4 is 10.6 Å². The van der Waals surface area contributed by atoms with E-state index >= 15 is 0 Å². The van der Waals surface area contributed by atoms with Crippen LogP contribution in [0.2, 0.25) is 0 Å². The largest absolute Gasteiger partial charge is 0.383 e. The van der Waals surface area contributed by atoms with Gasteiger partial charge in [0.2, 0.25) is 0 Å². The van der Waals surface area contributed by atoms with E-state index in [0.717, 1.165) is 50.7 Å². The minimum absolute atomic E-state index is 0.0958. The molecule has 0 aromatic heterocycles. The van der Waals surface area contributed by atoms with Gasteiger partial charge >= 0.3 is 0 Å². The van der Waals surface area contributed by atoms with E-state index in [-0.39, 0.29) is 5.69 Å². The molecule has 0 aliphatic carbocycles. The van der Waals surface area contributed by atoms with E-state index in [9.17, 15) is 10.1 Å². The fourth-order valence-corrected chi connectivity index (χ4v) is 2.96. The fourth-order valence-electron chi connectivity index (χ4n) is 2.96. The van der Waals surface area contributed by atoms with Crippen molar-refractivity contribution < 1.29 is 9.66 Å². The summed E-state index contributed by atoms with van der Waals surface area (Å²) in [7, 11) is 0. The average Bonchev–Trinajstić information content (AvgIpc) is 2.65. The molecule has 0 radical (unpaired) electrons. The van der Waals surface area contributed by atoms with Crippen LogP contribution >= 0.6 is 0 Å². The molecule has 0 spiro atoms. The minimum Gasteiger partial charge on any atom is -0.383 e. The smallest absolute Gasteiger partial charge is 0.269 e. The standard InChI is InChI=1S/C18H29N5O3/c1-3-19-18(22-13-9-17(10-14-22)26-4-2)21-12-11-20-15-5-7-16(8-6-15)23(24)25/h5-8,17,20H,3-4,9-14H2,1-2H3,(H,19,21). The molecule has 2 rings (SSSR count). The van der Waals surface area contributed by atoms with Gasteiger partial charge in [0.05, 0.1) is 17.6 Å². The van der Waals surface area contributed by atoms with E-state index in [4.69, 9.17) is 4.74 Å². The van der Waals surface area contributed by atoms with Crippen LogP contribution in [-0.2, 0) is 4.74 Å². The summed E-state index contributed by atoms with van der Waals surface area (Å²) in [6, 6.07) is 6.42. The number of likely N-dealkylation sites (tertiary alicyclic amines) is 1. The molecule has 1 fully saturated rings. The molecular formula is C18H29N5O3. The van der Waals surface area contributed by atoms with Crippen molar-refractivity contribution in [3.05, 3.63) is 34.4 Å². The van der Waals surface area contributed by atoms with Crippen molar-refractivity contribution in [1.29, 1.82) is 0 Å². The summed E-state index contributed by atoms with van der Waals surface area (Å²) in [5, 5.41) is 17.3. The van der Waals surface area contributed by atoms with Crippen molar-refractivity contribution in [2.45, 2.75) is 32.8 Å². The lowest BCUT2D eigenvalue weighted by Crippen LogP contribution is -2.47. The van der Waals surface area contributed by atoms with E-state index < -0.39 is 4.92 Å². The first-order valence-electron chi connectivity index (χ1n) is 9.27. The highest BCUT2D eigenvalue weighted by atomic mass is 16.6. The molecule has 1 aromatic carbocycles. The number of nitro groups is 1. The first-order chi connectivity index (χ1) is 12.6. The Hall–Kier alpha value is -2.35. The summed E-state index contributed by atoms with van der Waals surface area (Å²) in [4.78, 5) is 17.2. The Labute approximate surface area is 154 Å². The van der Waals surface area contributed by atoms with E-state index in [1.165, 1.54) is 12.1 Å². The number of nitrogens with one attached hydrogen (secondary N) is 2. The Morgan fingerprint density at radius 3 is 2.58 bits per heavy atom. The molecule has 144 valence electrons. The molecule has 0 unspecified atom stereocenters. The predicted octanol–water partition coefficient (Wildman–Crippen LogP) is 2.47. The molecule has 0 amide bonds. The number of nitrogens with zero attached hydrogens (tertiary/aromatic N) is 3. The number of hydrogen-bond donors (Lipinski definition) is 2. The number of nitro benzene ring substituents is 1. The molecule has 1 aliphatic heterocycles. The Kier molecular flexibility index (Phi) is 8.14. The van der Waals surface area contributed by atoms with Crippen LogP contribution in [0.5, 0.6) is 0 Å². The van der Waals surface area contributed by atoms with Gasteiger partial charge in [0.1, 0.15) is 0 Å². The lowest BCUT2D eigenvalue weighted by Gasteiger charge is -2.34. The van der Waals surface area contributed by atoms with Crippen molar-refractivity contribution in [2.24, 2.45) is 4.99 Å². The second-order valence-corrected chi connectivity index (χ2v) is 6.11. The monoisotopic (exact) mass is 363 g/mol. The van der Waals surface area contributed by atoms with Gasteiger partial charge in [-0.1, -0.05) is 0 Å². The average molecular weight is 363 g/mol. The predicted molar refractivity (Wildman–Crippen MR) is 104 cm³/mol. The molecule has 0 atom stereocenters. The Bertz CT molecular complexity index is 583. The fraction of sp³-hybridized carbons (Fsp3) is 0.611. The molecule has 1 saturated heterocycles. The number of guanidine groups is 1. The van der Waals surface area contributed by atoms with Gasteiger partial charge in [0, 0.05) is 50.6 Å². The summed E-state index contributed by atoms with van der Waals surface area (Å²) in [5.74, 6) is 0.938. The minimum atomic E-state index is -0.397. The first-order valence-corrected chi connectivity index (χ1v) is 9.27. The van der Waals surface area contributed by atoms with Gasteiger partial charge < -0.3 is 20.3 Å². The highest BCUT2D eigenvalue weighted by molar-refractivity contribution is 5.80. The van der Waals surface area contributed by atoms with Gasteiger partial charge in [0.25, 0.3) is 5.69 Å². The summed E-state index contributed by atoms with van der Waals surface area (Å²) in [5.41, 5.74) is 0.951. The van der Waals surface area contributed by atoms with Crippen LogP contribution in [0, 0.1) is 10.1 Å². The second-order valence-electron chi connectivity index (χ2n) is 6.11. The van der Waals surface area contributed by atoms with Gasteiger partial charge in [-0.25, -0.2) is 0 Å². The number of benzene rings is 1. The van der Waals surface area contributed by atoms with Crippen LogP contribution in [0.25, 0.3) is 0 Å². The lowest BCUT2D eigenvalue weighted by atomic mass is 10.1. The molecule has 8 heteroatoms. The van der Waals surface area contributed by atoms with Crippen molar-refractivity contribution >= 4 is 17.3 Å². The van der Waals surface area contributed by atoms with Crippen molar-refractivity contribution in [2.75, 3.05) is 44.6 Å². The topological polar surface area (TPSA) is 92.0 Å². The van der Waals surface area contributed by atoms with Crippen LogP contribution in [-0.4, -0.2) is 61.2 Å². The third kappa shape index (κ3) is 6.18.